The Morgan fingerprint density at radius 2 is 1.60 bits per heavy atom. The lowest BCUT2D eigenvalue weighted by atomic mass is 10.3. The van der Waals surface area contributed by atoms with Crippen LogP contribution in [0.1, 0.15) is 0 Å². The summed E-state index contributed by atoms with van der Waals surface area (Å²) in [6.07, 6.45) is 0. The molecular weight excluding hydrogens is 220 g/mol. The molecule has 1 aromatic rings. The Hall–Kier alpha value is -1.27. The van der Waals surface area contributed by atoms with E-state index in [1.165, 1.54) is 21.3 Å². The number of rotatable bonds is 4. The Labute approximate surface area is 90.2 Å². The van der Waals surface area contributed by atoms with Crippen molar-refractivity contribution in [3.63, 3.8) is 0 Å². The molecule has 1 atom stereocenters. The molecule has 1 N–H and O–H groups in total. The largest absolute Gasteiger partial charge is 0.495 e. The van der Waals surface area contributed by atoms with Crippen molar-refractivity contribution >= 4 is 11.1 Å². The van der Waals surface area contributed by atoms with Gasteiger partial charge in [-0.25, -0.2) is 4.21 Å². The van der Waals surface area contributed by atoms with Crippen molar-refractivity contribution in [2.24, 2.45) is 0 Å². The summed E-state index contributed by atoms with van der Waals surface area (Å²) in [7, 11) is 4.26. The molecule has 6 heteroatoms. The van der Waals surface area contributed by atoms with E-state index in [1.54, 1.807) is 12.1 Å². The molecule has 0 aliphatic heterocycles. The molecule has 0 radical (unpaired) electrons. The monoisotopic (exact) mass is 232 g/mol. The van der Waals surface area contributed by atoms with E-state index in [1.807, 2.05) is 0 Å². The third-order valence-electron chi connectivity index (χ3n) is 1.86. The summed E-state index contributed by atoms with van der Waals surface area (Å²) in [4.78, 5) is 0.0688. The van der Waals surface area contributed by atoms with Gasteiger partial charge >= 0.3 is 0 Å². The second-order valence-electron chi connectivity index (χ2n) is 2.58. The minimum atomic E-state index is -2.19. The molecule has 84 valence electrons. The average Bonchev–Trinajstić information content (AvgIpc) is 2.26. The van der Waals surface area contributed by atoms with Gasteiger partial charge < -0.3 is 18.8 Å². The van der Waals surface area contributed by atoms with Gasteiger partial charge in [-0.05, 0) is 12.1 Å². The Morgan fingerprint density at radius 3 is 2.00 bits per heavy atom. The van der Waals surface area contributed by atoms with E-state index in [-0.39, 0.29) is 16.4 Å². The molecule has 0 saturated heterocycles. The highest BCUT2D eigenvalue weighted by Gasteiger charge is 2.19. The van der Waals surface area contributed by atoms with E-state index < -0.39 is 11.1 Å². The van der Waals surface area contributed by atoms with Crippen LogP contribution in [-0.2, 0) is 11.1 Å². The maximum atomic E-state index is 11.1. The fourth-order valence-electron chi connectivity index (χ4n) is 1.21. The van der Waals surface area contributed by atoms with Crippen molar-refractivity contribution in [1.29, 1.82) is 0 Å². The predicted octanol–water partition coefficient (Wildman–Crippen LogP) is 1.29. The van der Waals surface area contributed by atoms with E-state index in [2.05, 4.69) is 0 Å². The van der Waals surface area contributed by atoms with E-state index >= 15 is 0 Å². The van der Waals surface area contributed by atoms with Crippen LogP contribution in [-0.4, -0.2) is 30.1 Å². The van der Waals surface area contributed by atoms with E-state index in [9.17, 15) is 4.21 Å². The van der Waals surface area contributed by atoms with E-state index in [4.69, 9.17) is 18.8 Å². The second-order valence-corrected chi connectivity index (χ2v) is 3.49. The smallest absolute Gasteiger partial charge is 0.194 e. The van der Waals surface area contributed by atoms with Gasteiger partial charge in [-0.2, -0.15) is 0 Å². The van der Waals surface area contributed by atoms with E-state index in [0.717, 1.165) is 0 Å². The SMILES string of the molecule is COc1ccc(OC)c(S(=O)O)c1OC. The van der Waals surface area contributed by atoms with Crippen molar-refractivity contribution in [2.45, 2.75) is 4.90 Å². The van der Waals surface area contributed by atoms with Crippen LogP contribution >= 0.6 is 0 Å². The Balaban J connectivity index is 3.44. The van der Waals surface area contributed by atoms with Gasteiger partial charge in [0.1, 0.15) is 5.75 Å². The number of hydrogen-bond donors (Lipinski definition) is 1. The number of methoxy groups -OCH3 is 3. The van der Waals surface area contributed by atoms with Crippen molar-refractivity contribution in [1.82, 2.24) is 0 Å². The molecule has 15 heavy (non-hydrogen) atoms. The molecular formula is C9H12O5S. The molecule has 0 aliphatic carbocycles. The van der Waals surface area contributed by atoms with Gasteiger partial charge in [0, 0.05) is 0 Å². The summed E-state index contributed by atoms with van der Waals surface area (Å²) in [5.74, 6) is 0.877. The first kappa shape index (κ1) is 11.8. The van der Waals surface area contributed by atoms with Crippen LogP contribution in [0.5, 0.6) is 17.2 Å². The molecule has 0 spiro atoms. The van der Waals surface area contributed by atoms with Crippen LogP contribution in [0.2, 0.25) is 0 Å². The van der Waals surface area contributed by atoms with Gasteiger partial charge in [0.05, 0.1) is 21.3 Å². The maximum Gasteiger partial charge on any atom is 0.194 e. The topological polar surface area (TPSA) is 65.0 Å². The normalized spacial score (nSPS) is 12.0. The molecule has 1 unspecified atom stereocenters. The lowest BCUT2D eigenvalue weighted by Gasteiger charge is -2.13. The van der Waals surface area contributed by atoms with Crippen LogP contribution in [0.3, 0.4) is 0 Å². The third kappa shape index (κ3) is 2.21. The van der Waals surface area contributed by atoms with Gasteiger partial charge in [0.2, 0.25) is 0 Å². The zero-order valence-electron chi connectivity index (χ0n) is 8.64. The summed E-state index contributed by atoms with van der Waals surface area (Å²) in [6.45, 7) is 0. The van der Waals surface area contributed by atoms with Crippen molar-refractivity contribution in [2.75, 3.05) is 21.3 Å². The molecule has 0 aliphatic rings. The van der Waals surface area contributed by atoms with Gasteiger partial charge in [-0.1, -0.05) is 0 Å². The van der Waals surface area contributed by atoms with Gasteiger partial charge in [0.15, 0.2) is 27.5 Å². The Bertz CT molecular complexity index is 377. The van der Waals surface area contributed by atoms with Crippen LogP contribution in [0.4, 0.5) is 0 Å². The second kappa shape index (κ2) is 4.99. The molecule has 0 aromatic heterocycles. The molecule has 0 saturated carbocycles. The van der Waals surface area contributed by atoms with Crippen LogP contribution in [0.25, 0.3) is 0 Å². The van der Waals surface area contributed by atoms with Crippen LogP contribution < -0.4 is 14.2 Å². The highest BCUT2D eigenvalue weighted by Crippen LogP contribution is 2.39. The fourth-order valence-corrected chi connectivity index (χ4v) is 1.87. The average molecular weight is 232 g/mol. The molecule has 5 nitrogen and oxygen atoms in total. The minimum Gasteiger partial charge on any atom is -0.495 e. The number of benzene rings is 1. The van der Waals surface area contributed by atoms with Crippen molar-refractivity contribution < 1.29 is 23.0 Å². The molecule has 0 bridgehead atoms. The molecule has 1 aromatic carbocycles. The summed E-state index contributed by atoms with van der Waals surface area (Å²) < 4.78 is 35.2. The Kier molecular flexibility index (Phi) is 3.93. The lowest BCUT2D eigenvalue weighted by molar-refractivity contribution is 0.335. The molecule has 0 heterocycles. The van der Waals surface area contributed by atoms with E-state index in [0.29, 0.717) is 5.75 Å². The highest BCUT2D eigenvalue weighted by molar-refractivity contribution is 7.79. The lowest BCUT2D eigenvalue weighted by Crippen LogP contribution is -2.00. The predicted molar refractivity (Wildman–Crippen MR) is 55.1 cm³/mol. The third-order valence-corrected chi connectivity index (χ3v) is 2.59. The fraction of sp³-hybridized carbons (Fsp3) is 0.333. The summed E-state index contributed by atoms with van der Waals surface area (Å²) >= 11 is -2.19. The zero-order chi connectivity index (χ0) is 11.4. The first-order chi connectivity index (χ1) is 7.15. The maximum absolute atomic E-state index is 11.1. The first-order valence-corrected chi connectivity index (χ1v) is 5.16. The summed E-state index contributed by atoms with van der Waals surface area (Å²) in [5.41, 5.74) is 0. The molecule has 0 amide bonds. The van der Waals surface area contributed by atoms with Crippen LogP contribution in [0.15, 0.2) is 17.0 Å². The van der Waals surface area contributed by atoms with Gasteiger partial charge in [-0.15, -0.1) is 0 Å². The molecule has 1 rings (SSSR count). The number of hydrogen-bond acceptors (Lipinski definition) is 4. The van der Waals surface area contributed by atoms with Crippen molar-refractivity contribution in [3.8, 4) is 17.2 Å². The molecule has 0 fully saturated rings. The van der Waals surface area contributed by atoms with Crippen molar-refractivity contribution in [3.05, 3.63) is 12.1 Å². The quantitative estimate of drug-likeness (QED) is 0.792. The first-order valence-electron chi connectivity index (χ1n) is 4.05. The zero-order valence-corrected chi connectivity index (χ0v) is 9.46. The summed E-state index contributed by atoms with van der Waals surface area (Å²) in [6, 6.07) is 3.15. The van der Waals surface area contributed by atoms with Gasteiger partial charge in [-0.3, -0.25) is 0 Å². The standard InChI is InChI=1S/C9H12O5S/c1-12-6-4-5-7(13-2)9(15(10)11)8(6)14-3/h4-5H,1-3H3,(H,10,11). The van der Waals surface area contributed by atoms with Crippen LogP contribution in [0, 0.1) is 0 Å². The minimum absolute atomic E-state index is 0.0688. The Morgan fingerprint density at radius 1 is 1.07 bits per heavy atom. The summed E-state index contributed by atoms with van der Waals surface area (Å²) in [5, 5.41) is 0. The number of ether oxygens (including phenoxy) is 3. The highest BCUT2D eigenvalue weighted by atomic mass is 32.2. The van der Waals surface area contributed by atoms with Gasteiger partial charge in [0.25, 0.3) is 0 Å².